The number of benzene rings is 14. The SMILES string of the molecule is CC(C)c1ccc(-c2ccccc2-c2ccc(N(c3ccc(-c4ccccc4-c4ccc(C(C)C)cc4)cc3)c3ccc(C(C)(C)c4ccc(N(c5ccc(-c6ccccc6-c6ccc(C(C)C)cc6)cc5)c5ccc(-c6ccccc6-c6ccc(C(C)C)cc6)cc5)cc4)cc3)cc2)cc1. The minimum Gasteiger partial charge on any atom is -0.311 e. The van der Waals surface area contributed by atoms with Crippen molar-refractivity contribution in [2.75, 3.05) is 9.80 Å². The summed E-state index contributed by atoms with van der Waals surface area (Å²) in [7, 11) is 0. The first-order valence-electron chi connectivity index (χ1n) is 36.1. The van der Waals surface area contributed by atoms with Crippen LogP contribution in [0.15, 0.2) is 340 Å². The van der Waals surface area contributed by atoms with E-state index in [1.165, 1.54) is 122 Å². The van der Waals surface area contributed by atoms with Crippen LogP contribution in [0.3, 0.4) is 0 Å². The molecule has 0 aliphatic rings. The fraction of sp³-hybridized carbons (Fsp3) is 0.152. The van der Waals surface area contributed by atoms with Gasteiger partial charge in [0.15, 0.2) is 0 Å². The Morgan fingerprint density at radius 1 is 0.178 bits per heavy atom. The predicted octanol–water partition coefficient (Wildman–Crippen LogP) is 28.8. The van der Waals surface area contributed by atoms with Gasteiger partial charge in [-0.25, -0.2) is 0 Å². The van der Waals surface area contributed by atoms with E-state index in [2.05, 4.69) is 419 Å². The summed E-state index contributed by atoms with van der Waals surface area (Å²) in [6.45, 7) is 22.7. The molecule has 2 heteroatoms. The van der Waals surface area contributed by atoms with Gasteiger partial charge in [0.1, 0.15) is 0 Å². The van der Waals surface area contributed by atoms with E-state index in [0.29, 0.717) is 23.7 Å². The molecule has 14 rings (SSSR count). The predicted molar refractivity (Wildman–Crippen MR) is 434 cm³/mol. The first kappa shape index (κ1) is 66.9. The van der Waals surface area contributed by atoms with E-state index in [0.717, 1.165) is 34.1 Å². The minimum atomic E-state index is -0.338. The summed E-state index contributed by atoms with van der Waals surface area (Å²) in [6.07, 6.45) is 0. The lowest BCUT2D eigenvalue weighted by molar-refractivity contribution is 0.641. The van der Waals surface area contributed by atoms with Crippen molar-refractivity contribution in [3.63, 3.8) is 0 Å². The molecule has 0 aliphatic heterocycles. The summed E-state index contributed by atoms with van der Waals surface area (Å²) in [6, 6.07) is 127. The Morgan fingerprint density at radius 3 is 0.465 bits per heavy atom. The molecule has 0 spiro atoms. The van der Waals surface area contributed by atoms with E-state index in [-0.39, 0.29) is 5.41 Å². The molecule has 0 aromatic heterocycles. The van der Waals surface area contributed by atoms with E-state index >= 15 is 0 Å². The van der Waals surface area contributed by atoms with Crippen LogP contribution in [0, 0.1) is 0 Å². The quantitative estimate of drug-likeness (QED) is 0.0750. The molecule has 0 bridgehead atoms. The molecular weight excluding hydrogens is 1220 g/mol. The molecule has 0 fully saturated rings. The van der Waals surface area contributed by atoms with Crippen LogP contribution in [0.2, 0.25) is 0 Å². The van der Waals surface area contributed by atoms with Crippen molar-refractivity contribution in [2.45, 2.75) is 98.3 Å². The standard InChI is InChI=1S/C99H90N2/c1-67(2)71-27-35-75(36-28-71)91-19-11-15-23-95(91)79-43-55-85(56-44-79)100(86-57-45-80(46-58-86)96-24-16-12-20-92(96)76-37-29-72(30-38-76)68(3)4)89-63-51-83(52-64-89)99(9,10)84-53-65-90(66-54-84)101(87-59-47-81(48-60-87)97-25-17-13-21-93(97)77-39-31-73(32-40-77)69(5)6)88-61-49-82(50-62-88)98-26-18-14-22-94(98)78-41-33-74(34-42-78)70(7)8/h11-70H,1-10H3. The second-order valence-corrected chi connectivity index (χ2v) is 28.9. The van der Waals surface area contributed by atoms with Gasteiger partial charge in [-0.1, -0.05) is 336 Å². The second kappa shape index (κ2) is 29.2. The minimum absolute atomic E-state index is 0.338. The average Bonchev–Trinajstić information content (AvgIpc) is 0.762. The van der Waals surface area contributed by atoms with Gasteiger partial charge >= 0.3 is 0 Å². The smallest absolute Gasteiger partial charge is 0.0462 e. The summed E-state index contributed by atoms with van der Waals surface area (Å²) in [4.78, 5) is 4.79. The van der Waals surface area contributed by atoms with Crippen molar-refractivity contribution in [1.29, 1.82) is 0 Å². The molecule has 496 valence electrons. The maximum atomic E-state index is 2.40. The van der Waals surface area contributed by atoms with Crippen molar-refractivity contribution in [3.8, 4) is 89.0 Å². The normalized spacial score (nSPS) is 11.6. The zero-order valence-electron chi connectivity index (χ0n) is 60.0. The van der Waals surface area contributed by atoms with E-state index in [1.807, 2.05) is 0 Å². The molecule has 14 aromatic carbocycles. The number of hydrogen-bond donors (Lipinski definition) is 0. The fourth-order valence-electron chi connectivity index (χ4n) is 14.4. The van der Waals surface area contributed by atoms with Gasteiger partial charge in [-0.05, 0) is 219 Å². The Labute approximate surface area is 600 Å². The molecule has 0 radical (unpaired) electrons. The molecule has 101 heavy (non-hydrogen) atoms. The number of anilines is 6. The Morgan fingerprint density at radius 2 is 0.317 bits per heavy atom. The van der Waals surface area contributed by atoms with E-state index in [4.69, 9.17) is 0 Å². The van der Waals surface area contributed by atoms with Crippen LogP contribution in [-0.2, 0) is 5.41 Å². The Kier molecular flexibility index (Phi) is 19.4. The molecule has 0 saturated heterocycles. The van der Waals surface area contributed by atoms with Gasteiger partial charge in [0, 0.05) is 39.5 Å². The lowest BCUT2D eigenvalue weighted by Gasteiger charge is -2.30. The number of hydrogen-bond acceptors (Lipinski definition) is 2. The van der Waals surface area contributed by atoms with Crippen molar-refractivity contribution in [3.05, 3.63) is 373 Å². The number of nitrogens with zero attached hydrogens (tertiary/aromatic N) is 2. The lowest BCUT2D eigenvalue weighted by atomic mass is 9.78. The first-order valence-corrected chi connectivity index (χ1v) is 36.1. The van der Waals surface area contributed by atoms with E-state index < -0.39 is 0 Å². The summed E-state index contributed by atoms with van der Waals surface area (Å²) in [5.74, 6) is 1.90. The highest BCUT2D eigenvalue weighted by Gasteiger charge is 2.26. The van der Waals surface area contributed by atoms with Gasteiger partial charge in [-0.15, -0.1) is 0 Å². The average molecular weight is 1310 g/mol. The van der Waals surface area contributed by atoms with Crippen molar-refractivity contribution in [2.24, 2.45) is 0 Å². The molecule has 0 unspecified atom stereocenters. The highest BCUT2D eigenvalue weighted by molar-refractivity contribution is 5.90. The molecule has 2 nitrogen and oxygen atoms in total. The van der Waals surface area contributed by atoms with Gasteiger partial charge in [-0.2, -0.15) is 0 Å². The highest BCUT2D eigenvalue weighted by atomic mass is 15.1. The molecule has 0 aliphatic carbocycles. The topological polar surface area (TPSA) is 6.48 Å². The third-order valence-electron chi connectivity index (χ3n) is 20.7. The fourth-order valence-corrected chi connectivity index (χ4v) is 14.4. The van der Waals surface area contributed by atoms with Crippen molar-refractivity contribution in [1.82, 2.24) is 0 Å². The van der Waals surface area contributed by atoms with Gasteiger partial charge in [0.05, 0.1) is 0 Å². The van der Waals surface area contributed by atoms with Crippen LogP contribution in [0.5, 0.6) is 0 Å². The third-order valence-corrected chi connectivity index (χ3v) is 20.7. The monoisotopic (exact) mass is 1310 g/mol. The highest BCUT2D eigenvalue weighted by Crippen LogP contribution is 2.45. The Hall–Kier alpha value is -11.3. The van der Waals surface area contributed by atoms with Crippen molar-refractivity contribution < 1.29 is 0 Å². The van der Waals surface area contributed by atoms with Crippen LogP contribution in [-0.4, -0.2) is 0 Å². The summed E-state index contributed by atoms with van der Waals surface area (Å²) < 4.78 is 0. The molecule has 0 heterocycles. The maximum Gasteiger partial charge on any atom is 0.0462 e. The Balaban J connectivity index is 0.792. The molecule has 14 aromatic rings. The third kappa shape index (κ3) is 14.2. The summed E-state index contributed by atoms with van der Waals surface area (Å²) >= 11 is 0. The van der Waals surface area contributed by atoms with Gasteiger partial charge in [0.25, 0.3) is 0 Å². The summed E-state index contributed by atoms with van der Waals surface area (Å²) in [5.41, 5.74) is 33.3. The van der Waals surface area contributed by atoms with Gasteiger partial charge in [-0.3, -0.25) is 0 Å². The molecule has 0 saturated carbocycles. The van der Waals surface area contributed by atoms with Crippen LogP contribution in [0.1, 0.15) is 126 Å². The van der Waals surface area contributed by atoms with Crippen molar-refractivity contribution >= 4 is 34.1 Å². The van der Waals surface area contributed by atoms with Crippen LogP contribution in [0.4, 0.5) is 34.1 Å². The summed E-state index contributed by atoms with van der Waals surface area (Å²) in [5, 5.41) is 0. The molecular formula is C99H90N2. The number of rotatable bonds is 20. The van der Waals surface area contributed by atoms with Gasteiger partial charge in [0.2, 0.25) is 0 Å². The molecule has 0 amide bonds. The molecule has 0 N–H and O–H groups in total. The lowest BCUT2D eigenvalue weighted by Crippen LogP contribution is -2.19. The van der Waals surface area contributed by atoms with Crippen LogP contribution >= 0.6 is 0 Å². The largest absolute Gasteiger partial charge is 0.311 e. The van der Waals surface area contributed by atoms with E-state index in [1.54, 1.807) is 0 Å². The van der Waals surface area contributed by atoms with Gasteiger partial charge < -0.3 is 9.80 Å². The Bertz CT molecular complexity index is 4490. The zero-order valence-corrected chi connectivity index (χ0v) is 60.0. The van der Waals surface area contributed by atoms with Crippen LogP contribution in [0.25, 0.3) is 89.0 Å². The van der Waals surface area contributed by atoms with E-state index in [9.17, 15) is 0 Å². The second-order valence-electron chi connectivity index (χ2n) is 28.9. The maximum absolute atomic E-state index is 2.40. The first-order chi connectivity index (χ1) is 49.1. The molecule has 0 atom stereocenters. The zero-order chi connectivity index (χ0) is 69.7. The van der Waals surface area contributed by atoms with Crippen LogP contribution < -0.4 is 9.80 Å².